The van der Waals surface area contributed by atoms with Crippen LogP contribution in [0.2, 0.25) is 0 Å². The molecule has 0 heterocycles. The summed E-state index contributed by atoms with van der Waals surface area (Å²) in [4.78, 5) is 0. The van der Waals surface area contributed by atoms with Crippen molar-refractivity contribution in [3.05, 3.63) is 0 Å². The number of hydrogen-bond acceptors (Lipinski definition) is 2. The first-order valence-corrected chi connectivity index (χ1v) is 2.63. The van der Waals surface area contributed by atoms with Gasteiger partial charge in [0.05, 0.1) is 0 Å². The van der Waals surface area contributed by atoms with Gasteiger partial charge in [-0.15, -0.1) is 0 Å². The molecule has 0 aliphatic rings. The van der Waals surface area contributed by atoms with E-state index in [-0.39, 0.29) is 39.4 Å². The second-order valence-electron chi connectivity index (χ2n) is 1.51. The monoisotopic (exact) mass is 315 g/mol. The van der Waals surface area contributed by atoms with Crippen LogP contribution in [0.1, 0.15) is 19.3 Å². The molecule has 0 aliphatic heterocycles. The van der Waals surface area contributed by atoms with Crippen LogP contribution in [0, 0.1) is 26.2 Å². The molecule has 8 heavy (non-hydrogen) atoms. The van der Waals surface area contributed by atoms with Crippen LogP contribution in [-0.2, 0) is 0 Å². The van der Waals surface area contributed by atoms with Gasteiger partial charge in [0.2, 0.25) is 0 Å². The van der Waals surface area contributed by atoms with Crippen molar-refractivity contribution in [2.24, 2.45) is 0 Å². The Morgan fingerprint density at radius 3 is 1.38 bits per heavy atom. The van der Waals surface area contributed by atoms with Crippen molar-refractivity contribution in [2.45, 2.75) is 19.3 Å². The second kappa shape index (κ2) is 10.7. The predicted molar refractivity (Wildman–Crippen MR) is 29.4 cm³/mol. The summed E-state index contributed by atoms with van der Waals surface area (Å²) in [5.41, 5.74) is 0. The van der Waals surface area contributed by atoms with E-state index in [4.69, 9.17) is 10.2 Å². The molecular formula is C5H13AtO2. The third kappa shape index (κ3) is 9.93. The van der Waals surface area contributed by atoms with Crippen LogP contribution in [0.5, 0.6) is 0 Å². The maximum atomic E-state index is 8.21. The summed E-state index contributed by atoms with van der Waals surface area (Å²) in [7, 11) is 0. The molecule has 0 saturated carbocycles. The quantitative estimate of drug-likeness (QED) is 0.710. The summed E-state index contributed by atoms with van der Waals surface area (Å²) >= 11 is 0. The van der Waals surface area contributed by atoms with Crippen molar-refractivity contribution >= 4 is 0 Å². The van der Waals surface area contributed by atoms with Crippen molar-refractivity contribution < 1.29 is 36.4 Å². The minimum absolute atomic E-state index is 0. The van der Waals surface area contributed by atoms with Crippen LogP contribution in [0.15, 0.2) is 0 Å². The van der Waals surface area contributed by atoms with Crippen LogP contribution in [0.25, 0.3) is 0 Å². The molecule has 0 fully saturated rings. The fourth-order valence-electron chi connectivity index (χ4n) is 0.400. The molecule has 0 aromatic rings. The minimum atomic E-state index is 0. The Balaban J connectivity index is 0. The van der Waals surface area contributed by atoms with E-state index < -0.39 is 0 Å². The van der Waals surface area contributed by atoms with Crippen LogP contribution >= 0.6 is 0 Å². The average molecular weight is 315 g/mol. The van der Waals surface area contributed by atoms with Crippen LogP contribution < -0.4 is 0 Å². The molecule has 0 bridgehead atoms. The zero-order valence-electron chi connectivity index (χ0n) is 4.84. The molecule has 0 saturated heterocycles. The molecule has 0 radical (unpaired) electrons. The zero-order valence-corrected chi connectivity index (χ0v) is 8.01. The Morgan fingerprint density at radius 2 is 1.12 bits per heavy atom. The number of hydrogen-bond donors (Lipinski definition) is 2. The summed E-state index contributed by atoms with van der Waals surface area (Å²) in [6, 6.07) is 0. The second-order valence-corrected chi connectivity index (χ2v) is 1.51. The molecule has 0 unspecified atom stereocenters. The molecule has 0 aromatic heterocycles. The number of aliphatic hydroxyl groups is 2. The molecule has 52 valence electrons. The molecule has 0 aliphatic carbocycles. The van der Waals surface area contributed by atoms with Gasteiger partial charge in [0.25, 0.3) is 0 Å². The zero-order chi connectivity index (χ0) is 5.54. The summed E-state index contributed by atoms with van der Waals surface area (Å²) in [5, 5.41) is 16.4. The van der Waals surface area contributed by atoms with Gasteiger partial charge in [-0.25, -0.2) is 0 Å². The van der Waals surface area contributed by atoms with Crippen LogP contribution in [-0.4, -0.2) is 23.4 Å². The third-order valence-electron chi connectivity index (χ3n) is 0.816. The normalized spacial score (nSPS) is 8.25. The predicted octanol–water partition coefficient (Wildman–Crippen LogP) is -0.126. The molecule has 0 amide bonds. The van der Waals surface area contributed by atoms with Crippen molar-refractivity contribution in [2.75, 3.05) is 13.2 Å². The molecular weight excluding hydrogens is 302 g/mol. The number of rotatable bonds is 4. The van der Waals surface area contributed by atoms with Crippen LogP contribution in [0.3, 0.4) is 0 Å². The van der Waals surface area contributed by atoms with Crippen molar-refractivity contribution in [1.82, 2.24) is 0 Å². The van der Waals surface area contributed by atoms with Gasteiger partial charge in [0.1, 0.15) is 0 Å². The molecule has 0 spiro atoms. The summed E-state index contributed by atoms with van der Waals surface area (Å²) in [6.07, 6.45) is 2.58. The van der Waals surface area contributed by atoms with Gasteiger partial charge < -0.3 is 10.2 Å². The van der Waals surface area contributed by atoms with Crippen molar-refractivity contribution in [1.29, 1.82) is 0 Å². The Labute approximate surface area is 69.0 Å². The fraction of sp³-hybridized carbons (Fsp3) is 1.00. The molecule has 3 heteroatoms. The van der Waals surface area contributed by atoms with E-state index in [9.17, 15) is 0 Å². The van der Waals surface area contributed by atoms with Gasteiger partial charge >= 0.3 is 26.2 Å². The van der Waals surface area contributed by atoms with Gasteiger partial charge in [0.15, 0.2) is 0 Å². The molecule has 0 aromatic carbocycles. The van der Waals surface area contributed by atoms with Crippen molar-refractivity contribution in [3.8, 4) is 0 Å². The first-order valence-electron chi connectivity index (χ1n) is 2.63. The molecule has 2 N–H and O–H groups in total. The molecule has 0 atom stereocenters. The third-order valence-corrected chi connectivity index (χ3v) is 0.816. The Bertz CT molecular complexity index is 29.6. The van der Waals surface area contributed by atoms with Gasteiger partial charge in [-0.1, -0.05) is 0 Å². The summed E-state index contributed by atoms with van der Waals surface area (Å²) in [5.74, 6) is 0. The van der Waals surface area contributed by atoms with E-state index in [1.807, 2.05) is 0 Å². The Kier molecular flexibility index (Phi) is 15.5. The van der Waals surface area contributed by atoms with E-state index in [2.05, 4.69) is 0 Å². The fourth-order valence-corrected chi connectivity index (χ4v) is 0.400. The SMILES string of the molecule is OCCCCCO.[AtH]. The number of aliphatic hydroxyl groups excluding tert-OH is 2. The van der Waals surface area contributed by atoms with E-state index in [0.29, 0.717) is 0 Å². The van der Waals surface area contributed by atoms with E-state index >= 15 is 0 Å². The van der Waals surface area contributed by atoms with E-state index in [1.54, 1.807) is 0 Å². The molecule has 0 rings (SSSR count). The maximum absolute atomic E-state index is 8.21. The average Bonchev–Trinajstić information content (AvgIpc) is 1.69. The Morgan fingerprint density at radius 1 is 0.750 bits per heavy atom. The molecule has 2 nitrogen and oxygen atoms in total. The summed E-state index contributed by atoms with van der Waals surface area (Å²) < 4.78 is 0. The van der Waals surface area contributed by atoms with Gasteiger partial charge in [-0.3, -0.25) is 0 Å². The van der Waals surface area contributed by atoms with Gasteiger partial charge in [-0.2, -0.15) is 0 Å². The summed E-state index contributed by atoms with van der Waals surface area (Å²) in [6.45, 7) is 0.500. The Hall–Kier alpha value is 0.803. The topological polar surface area (TPSA) is 40.5 Å². The first kappa shape index (κ1) is 11.6. The standard InChI is InChI=1S/C5H12O2.AtH/c6-4-2-1-3-5-7;/h6-7H,1-5H2;1H. The number of unbranched alkanes of at least 4 members (excludes halogenated alkanes) is 2. The van der Waals surface area contributed by atoms with Crippen LogP contribution in [0.4, 0.5) is 0 Å². The van der Waals surface area contributed by atoms with E-state index in [1.165, 1.54) is 0 Å². The first-order chi connectivity index (χ1) is 3.41. The van der Waals surface area contributed by atoms with Gasteiger partial charge in [0, 0.05) is 13.2 Å². The van der Waals surface area contributed by atoms with Crippen molar-refractivity contribution in [3.63, 3.8) is 0 Å². The van der Waals surface area contributed by atoms with E-state index in [0.717, 1.165) is 19.3 Å². The van der Waals surface area contributed by atoms with Gasteiger partial charge in [-0.05, 0) is 19.3 Å².